The molecular formula is C11H19NO. The van der Waals surface area contributed by atoms with E-state index in [0.29, 0.717) is 18.0 Å². The van der Waals surface area contributed by atoms with Crippen LogP contribution in [0.5, 0.6) is 0 Å². The number of hydrogen-bond donors (Lipinski definition) is 0. The fraction of sp³-hybridized carbons (Fsp3) is 0.909. The highest BCUT2D eigenvalue weighted by Crippen LogP contribution is 2.36. The van der Waals surface area contributed by atoms with E-state index in [9.17, 15) is 4.79 Å². The van der Waals surface area contributed by atoms with Crippen LogP contribution < -0.4 is 0 Å². The lowest BCUT2D eigenvalue weighted by molar-refractivity contribution is -0.138. The molecule has 2 rings (SSSR count). The molecule has 0 aliphatic carbocycles. The molecule has 2 heterocycles. The van der Waals surface area contributed by atoms with E-state index >= 15 is 0 Å². The summed E-state index contributed by atoms with van der Waals surface area (Å²) in [4.78, 5) is 14.1. The summed E-state index contributed by atoms with van der Waals surface area (Å²) in [5.74, 6) is 0.563. The average Bonchev–Trinajstić information content (AvgIpc) is 2.34. The van der Waals surface area contributed by atoms with Crippen molar-refractivity contribution in [1.82, 2.24) is 4.90 Å². The second kappa shape index (κ2) is 3.32. The van der Waals surface area contributed by atoms with E-state index in [1.165, 1.54) is 32.1 Å². The highest BCUT2D eigenvalue weighted by Gasteiger charge is 2.39. The first-order chi connectivity index (χ1) is 6.20. The average molecular weight is 181 g/mol. The van der Waals surface area contributed by atoms with Gasteiger partial charge in [0.2, 0.25) is 5.91 Å². The smallest absolute Gasteiger partial charge is 0.225 e. The topological polar surface area (TPSA) is 20.3 Å². The van der Waals surface area contributed by atoms with E-state index in [0.717, 1.165) is 0 Å². The van der Waals surface area contributed by atoms with Gasteiger partial charge in [0.15, 0.2) is 0 Å². The summed E-state index contributed by atoms with van der Waals surface area (Å²) in [6.45, 7) is 4.02. The molecule has 2 bridgehead atoms. The molecule has 74 valence electrons. The van der Waals surface area contributed by atoms with Crippen LogP contribution in [0.25, 0.3) is 0 Å². The summed E-state index contributed by atoms with van der Waals surface area (Å²) in [7, 11) is 0. The normalized spacial score (nSPS) is 32.7. The van der Waals surface area contributed by atoms with Crippen LogP contribution in [-0.4, -0.2) is 22.9 Å². The Morgan fingerprint density at radius 2 is 1.69 bits per heavy atom. The lowest BCUT2D eigenvalue weighted by atomic mass is 10.0. The van der Waals surface area contributed by atoms with Crippen molar-refractivity contribution in [3.63, 3.8) is 0 Å². The van der Waals surface area contributed by atoms with Gasteiger partial charge in [0.05, 0.1) is 0 Å². The summed E-state index contributed by atoms with van der Waals surface area (Å²) >= 11 is 0. The third-order valence-electron chi connectivity index (χ3n) is 3.44. The molecule has 13 heavy (non-hydrogen) atoms. The SMILES string of the molecule is CC(C)C(=O)N1[C@@H]2CCC[C@H]1CC2. The van der Waals surface area contributed by atoms with Crippen LogP contribution in [0.2, 0.25) is 0 Å². The monoisotopic (exact) mass is 181 g/mol. The zero-order chi connectivity index (χ0) is 9.42. The Bertz CT molecular complexity index is 196. The van der Waals surface area contributed by atoms with Crippen molar-refractivity contribution < 1.29 is 4.79 Å². The molecule has 0 radical (unpaired) electrons. The molecule has 1 amide bonds. The van der Waals surface area contributed by atoms with E-state index in [2.05, 4.69) is 4.90 Å². The maximum atomic E-state index is 11.9. The first-order valence-corrected chi connectivity index (χ1v) is 5.52. The Hall–Kier alpha value is -0.530. The van der Waals surface area contributed by atoms with Crippen LogP contribution in [0.15, 0.2) is 0 Å². The van der Waals surface area contributed by atoms with E-state index in [-0.39, 0.29) is 5.92 Å². The summed E-state index contributed by atoms with van der Waals surface area (Å²) in [6, 6.07) is 1.18. The first kappa shape index (κ1) is 9.04. The van der Waals surface area contributed by atoms with Gasteiger partial charge in [-0.2, -0.15) is 0 Å². The zero-order valence-corrected chi connectivity index (χ0v) is 8.62. The molecule has 2 fully saturated rings. The second-order valence-electron chi connectivity index (χ2n) is 4.72. The van der Waals surface area contributed by atoms with Gasteiger partial charge < -0.3 is 4.90 Å². The van der Waals surface area contributed by atoms with Crippen LogP contribution in [0.3, 0.4) is 0 Å². The van der Waals surface area contributed by atoms with E-state index in [4.69, 9.17) is 0 Å². The second-order valence-corrected chi connectivity index (χ2v) is 4.72. The molecule has 0 unspecified atom stereocenters. The Kier molecular flexibility index (Phi) is 2.31. The van der Waals surface area contributed by atoms with Gasteiger partial charge in [0.1, 0.15) is 0 Å². The molecule has 0 aromatic carbocycles. The van der Waals surface area contributed by atoms with Gasteiger partial charge in [0, 0.05) is 18.0 Å². The number of carbonyl (C=O) groups is 1. The predicted molar refractivity (Wildman–Crippen MR) is 52.3 cm³/mol. The van der Waals surface area contributed by atoms with Crippen molar-refractivity contribution in [2.24, 2.45) is 5.92 Å². The van der Waals surface area contributed by atoms with Crippen molar-refractivity contribution in [2.75, 3.05) is 0 Å². The number of piperidine rings is 1. The lowest BCUT2D eigenvalue weighted by Crippen LogP contribution is -2.45. The van der Waals surface area contributed by atoms with Gasteiger partial charge in [0.25, 0.3) is 0 Å². The van der Waals surface area contributed by atoms with Crippen LogP contribution in [0, 0.1) is 5.92 Å². The summed E-state index contributed by atoms with van der Waals surface area (Å²) in [5, 5.41) is 0. The molecular weight excluding hydrogens is 162 g/mol. The molecule has 0 saturated carbocycles. The van der Waals surface area contributed by atoms with Crippen molar-refractivity contribution >= 4 is 5.91 Å². The standard InChI is InChI=1S/C11H19NO/c1-8(2)11(13)12-9-4-3-5-10(12)7-6-9/h8-10H,3-7H2,1-2H3/t9-,10+. The Morgan fingerprint density at radius 1 is 1.15 bits per heavy atom. The van der Waals surface area contributed by atoms with Crippen LogP contribution >= 0.6 is 0 Å². The molecule has 0 N–H and O–H groups in total. The number of amides is 1. The molecule has 2 atom stereocenters. The minimum absolute atomic E-state index is 0.182. The maximum Gasteiger partial charge on any atom is 0.225 e. The first-order valence-electron chi connectivity index (χ1n) is 5.52. The van der Waals surface area contributed by atoms with Crippen LogP contribution in [-0.2, 0) is 4.79 Å². The third kappa shape index (κ3) is 1.47. The van der Waals surface area contributed by atoms with Gasteiger partial charge >= 0.3 is 0 Å². The van der Waals surface area contributed by atoms with Crippen molar-refractivity contribution in [1.29, 1.82) is 0 Å². The van der Waals surface area contributed by atoms with Gasteiger partial charge in [-0.05, 0) is 32.1 Å². The molecule has 2 aliphatic heterocycles. The minimum Gasteiger partial charge on any atom is -0.337 e. The molecule has 0 aromatic heterocycles. The summed E-state index contributed by atoms with van der Waals surface area (Å²) in [5.41, 5.74) is 0. The Labute approximate surface area is 80.3 Å². The molecule has 0 aromatic rings. The largest absolute Gasteiger partial charge is 0.337 e. The quantitative estimate of drug-likeness (QED) is 0.607. The van der Waals surface area contributed by atoms with E-state index in [1.54, 1.807) is 0 Å². The number of nitrogens with zero attached hydrogens (tertiary/aromatic N) is 1. The minimum atomic E-state index is 0.182. The third-order valence-corrected chi connectivity index (χ3v) is 3.44. The highest BCUT2D eigenvalue weighted by molar-refractivity contribution is 5.79. The predicted octanol–water partition coefficient (Wildman–Crippen LogP) is 2.19. The number of hydrogen-bond acceptors (Lipinski definition) is 1. The van der Waals surface area contributed by atoms with E-state index < -0.39 is 0 Å². The Balaban J connectivity index is 2.10. The molecule has 2 nitrogen and oxygen atoms in total. The van der Waals surface area contributed by atoms with Gasteiger partial charge in [-0.1, -0.05) is 13.8 Å². The van der Waals surface area contributed by atoms with Gasteiger partial charge in [-0.15, -0.1) is 0 Å². The van der Waals surface area contributed by atoms with Gasteiger partial charge in [-0.3, -0.25) is 4.79 Å². The fourth-order valence-corrected chi connectivity index (χ4v) is 2.78. The van der Waals surface area contributed by atoms with Crippen LogP contribution in [0.1, 0.15) is 46.0 Å². The van der Waals surface area contributed by atoms with E-state index in [1.807, 2.05) is 13.8 Å². The fourth-order valence-electron chi connectivity index (χ4n) is 2.78. The summed E-state index contributed by atoms with van der Waals surface area (Å²) < 4.78 is 0. The number of fused-ring (bicyclic) bond motifs is 2. The summed E-state index contributed by atoms with van der Waals surface area (Å²) in [6.07, 6.45) is 6.33. The molecule has 2 heteroatoms. The molecule has 2 aliphatic rings. The van der Waals surface area contributed by atoms with Gasteiger partial charge in [-0.25, -0.2) is 0 Å². The van der Waals surface area contributed by atoms with Crippen molar-refractivity contribution in [3.05, 3.63) is 0 Å². The zero-order valence-electron chi connectivity index (χ0n) is 8.62. The van der Waals surface area contributed by atoms with Crippen LogP contribution in [0.4, 0.5) is 0 Å². The Morgan fingerprint density at radius 3 is 2.15 bits per heavy atom. The van der Waals surface area contributed by atoms with Crippen molar-refractivity contribution in [2.45, 2.75) is 58.0 Å². The molecule has 0 spiro atoms. The molecule has 2 saturated heterocycles. The number of carbonyl (C=O) groups excluding carboxylic acids is 1. The highest BCUT2D eigenvalue weighted by atomic mass is 16.2. The lowest BCUT2D eigenvalue weighted by Gasteiger charge is -2.36. The van der Waals surface area contributed by atoms with Crippen molar-refractivity contribution in [3.8, 4) is 0 Å². The maximum absolute atomic E-state index is 11.9. The number of rotatable bonds is 1.